The average Bonchev–Trinajstić information content (AvgIpc) is 2.33. The summed E-state index contributed by atoms with van der Waals surface area (Å²) in [6, 6.07) is 3.17. The molecule has 1 aromatic rings. The minimum Gasteiger partial charge on any atom is -0.368 e. The highest BCUT2D eigenvalue weighted by Crippen LogP contribution is 2.10. The summed E-state index contributed by atoms with van der Waals surface area (Å²) in [5.41, 5.74) is 4.65. The fraction of sp³-hybridized carbons (Fsp3) is 0.250. The van der Waals surface area contributed by atoms with Gasteiger partial charge in [-0.2, -0.15) is 5.26 Å². The topological polar surface area (TPSA) is 96.0 Å². The van der Waals surface area contributed by atoms with E-state index in [0.29, 0.717) is 6.07 Å². The van der Waals surface area contributed by atoms with Crippen LogP contribution in [0.2, 0.25) is 0 Å². The first kappa shape index (κ1) is 14.6. The normalized spacial score (nSPS) is 11.4. The van der Waals surface area contributed by atoms with Crippen LogP contribution in [0.3, 0.4) is 0 Å². The third-order valence-electron chi connectivity index (χ3n) is 2.37. The lowest BCUT2D eigenvalue weighted by Gasteiger charge is -2.14. The van der Waals surface area contributed by atoms with Crippen molar-refractivity contribution in [3.63, 3.8) is 0 Å². The first-order valence-corrected chi connectivity index (χ1v) is 5.38. The number of amides is 2. The van der Waals surface area contributed by atoms with Crippen molar-refractivity contribution in [2.75, 3.05) is 0 Å². The molecular formula is C12H11F2N3O2. The lowest BCUT2D eigenvalue weighted by molar-refractivity contribution is -0.119. The van der Waals surface area contributed by atoms with E-state index in [9.17, 15) is 18.4 Å². The summed E-state index contributed by atoms with van der Waals surface area (Å²) in [6.07, 6.45) is 0.0418. The minimum atomic E-state index is -1.07. The number of primary amides is 1. The molecule has 5 nitrogen and oxygen atoms in total. The van der Waals surface area contributed by atoms with Crippen LogP contribution in [0.5, 0.6) is 0 Å². The van der Waals surface area contributed by atoms with Gasteiger partial charge in [0.1, 0.15) is 17.7 Å². The fourth-order valence-corrected chi connectivity index (χ4v) is 1.40. The molecule has 0 heterocycles. The monoisotopic (exact) mass is 267 g/mol. The molecule has 19 heavy (non-hydrogen) atoms. The van der Waals surface area contributed by atoms with Crippen molar-refractivity contribution in [1.29, 1.82) is 5.26 Å². The zero-order valence-corrected chi connectivity index (χ0v) is 9.82. The molecule has 1 rings (SSSR count). The Hall–Kier alpha value is -2.49. The van der Waals surface area contributed by atoms with Gasteiger partial charge in [-0.15, -0.1) is 0 Å². The number of nitrogens with zero attached hydrogens (tertiary/aromatic N) is 1. The Balaban J connectivity index is 2.82. The molecule has 100 valence electrons. The molecule has 0 saturated carbocycles. The van der Waals surface area contributed by atoms with E-state index in [0.717, 1.165) is 12.1 Å². The highest BCUT2D eigenvalue weighted by molar-refractivity contribution is 5.97. The van der Waals surface area contributed by atoms with Crippen LogP contribution in [0.25, 0.3) is 0 Å². The molecule has 0 bridgehead atoms. The van der Waals surface area contributed by atoms with Crippen molar-refractivity contribution in [3.8, 4) is 6.07 Å². The summed E-state index contributed by atoms with van der Waals surface area (Å²) in [4.78, 5) is 22.7. The lowest BCUT2D eigenvalue weighted by Crippen LogP contribution is -2.44. The van der Waals surface area contributed by atoms with Crippen molar-refractivity contribution in [1.82, 2.24) is 5.32 Å². The molecule has 0 spiro atoms. The minimum absolute atomic E-state index is 0.0137. The van der Waals surface area contributed by atoms with Crippen LogP contribution in [0.4, 0.5) is 8.78 Å². The van der Waals surface area contributed by atoms with Gasteiger partial charge in [-0.05, 0) is 18.6 Å². The molecule has 0 fully saturated rings. The largest absolute Gasteiger partial charge is 0.368 e. The molecule has 1 aromatic carbocycles. The maximum absolute atomic E-state index is 13.3. The Labute approximate surface area is 108 Å². The highest BCUT2D eigenvalue weighted by Gasteiger charge is 2.20. The second kappa shape index (κ2) is 6.44. The fourth-order valence-electron chi connectivity index (χ4n) is 1.40. The number of hydrogen-bond acceptors (Lipinski definition) is 3. The predicted octanol–water partition coefficient (Wildman–Crippen LogP) is 0.852. The second-order valence-electron chi connectivity index (χ2n) is 3.75. The zero-order chi connectivity index (χ0) is 14.4. The number of carbonyl (C=O) groups excluding carboxylic acids is 2. The SMILES string of the molecule is N#CCC[C@@H](NC(=O)c1ccc(F)cc1F)C(N)=O. The van der Waals surface area contributed by atoms with Crippen molar-refractivity contribution >= 4 is 11.8 Å². The van der Waals surface area contributed by atoms with Gasteiger partial charge >= 0.3 is 0 Å². The molecule has 3 N–H and O–H groups in total. The Morgan fingerprint density at radius 3 is 2.63 bits per heavy atom. The third kappa shape index (κ3) is 4.03. The number of benzene rings is 1. The number of rotatable bonds is 5. The molecule has 2 amide bonds. The van der Waals surface area contributed by atoms with Gasteiger partial charge in [0.15, 0.2) is 0 Å². The van der Waals surface area contributed by atoms with Gasteiger partial charge in [0.25, 0.3) is 5.91 Å². The summed E-state index contributed by atoms with van der Waals surface area (Å²) in [7, 11) is 0. The van der Waals surface area contributed by atoms with E-state index in [2.05, 4.69) is 5.32 Å². The van der Waals surface area contributed by atoms with Crippen molar-refractivity contribution < 1.29 is 18.4 Å². The predicted molar refractivity (Wildman–Crippen MR) is 61.7 cm³/mol. The first-order valence-electron chi connectivity index (χ1n) is 5.38. The number of hydrogen-bond donors (Lipinski definition) is 2. The van der Waals surface area contributed by atoms with E-state index in [1.807, 2.05) is 0 Å². The maximum Gasteiger partial charge on any atom is 0.254 e. The van der Waals surface area contributed by atoms with E-state index in [1.54, 1.807) is 6.07 Å². The van der Waals surface area contributed by atoms with E-state index >= 15 is 0 Å². The zero-order valence-electron chi connectivity index (χ0n) is 9.82. The summed E-state index contributed by atoms with van der Waals surface area (Å²) in [6.45, 7) is 0. The molecule has 0 saturated heterocycles. The standard InChI is InChI=1S/C12H11F2N3O2/c13-7-3-4-8(9(14)6-7)12(19)17-10(11(16)18)2-1-5-15/h3-4,6,10H,1-2H2,(H2,16,18)(H,17,19)/t10-/m1/s1. The Bertz CT molecular complexity index is 540. The molecule has 0 aromatic heterocycles. The Morgan fingerprint density at radius 1 is 1.42 bits per heavy atom. The Kier molecular flexibility index (Phi) is 4.94. The smallest absolute Gasteiger partial charge is 0.254 e. The number of halogens is 2. The number of carbonyl (C=O) groups is 2. The van der Waals surface area contributed by atoms with Gasteiger partial charge in [-0.25, -0.2) is 8.78 Å². The van der Waals surface area contributed by atoms with Crippen LogP contribution in [-0.4, -0.2) is 17.9 Å². The summed E-state index contributed by atoms with van der Waals surface area (Å²) in [5.74, 6) is -3.57. The van der Waals surface area contributed by atoms with Crippen LogP contribution < -0.4 is 11.1 Å². The molecule has 0 aliphatic rings. The molecule has 7 heteroatoms. The van der Waals surface area contributed by atoms with Crippen molar-refractivity contribution in [2.24, 2.45) is 5.73 Å². The third-order valence-corrected chi connectivity index (χ3v) is 2.37. The maximum atomic E-state index is 13.3. The number of nitriles is 1. The molecule has 0 aliphatic carbocycles. The van der Waals surface area contributed by atoms with Crippen molar-refractivity contribution in [3.05, 3.63) is 35.4 Å². The van der Waals surface area contributed by atoms with Gasteiger partial charge < -0.3 is 11.1 Å². The van der Waals surface area contributed by atoms with Crippen LogP contribution in [0.15, 0.2) is 18.2 Å². The van der Waals surface area contributed by atoms with Crippen molar-refractivity contribution in [2.45, 2.75) is 18.9 Å². The molecular weight excluding hydrogens is 256 g/mol. The van der Waals surface area contributed by atoms with E-state index < -0.39 is 35.1 Å². The van der Waals surface area contributed by atoms with Gasteiger partial charge in [-0.1, -0.05) is 0 Å². The average molecular weight is 267 g/mol. The Morgan fingerprint density at radius 2 is 2.11 bits per heavy atom. The molecule has 0 unspecified atom stereocenters. The van der Waals surface area contributed by atoms with E-state index in [1.165, 1.54) is 0 Å². The molecule has 0 radical (unpaired) electrons. The highest BCUT2D eigenvalue weighted by atomic mass is 19.1. The summed E-state index contributed by atoms with van der Waals surface area (Å²) in [5, 5.41) is 10.6. The molecule has 0 aliphatic heterocycles. The van der Waals surface area contributed by atoms with Crippen LogP contribution >= 0.6 is 0 Å². The van der Waals surface area contributed by atoms with Gasteiger partial charge in [-0.3, -0.25) is 9.59 Å². The number of nitrogens with one attached hydrogen (secondary N) is 1. The first-order chi connectivity index (χ1) is 8.95. The van der Waals surface area contributed by atoms with Gasteiger partial charge in [0, 0.05) is 12.5 Å². The van der Waals surface area contributed by atoms with Gasteiger partial charge in [0.2, 0.25) is 5.91 Å². The second-order valence-corrected chi connectivity index (χ2v) is 3.75. The summed E-state index contributed by atoms with van der Waals surface area (Å²) < 4.78 is 26.0. The van der Waals surface area contributed by atoms with Gasteiger partial charge in [0.05, 0.1) is 11.6 Å². The van der Waals surface area contributed by atoms with Crippen LogP contribution in [0.1, 0.15) is 23.2 Å². The van der Waals surface area contributed by atoms with Crippen LogP contribution in [0, 0.1) is 23.0 Å². The molecule has 1 atom stereocenters. The quantitative estimate of drug-likeness (QED) is 0.827. The van der Waals surface area contributed by atoms with E-state index in [4.69, 9.17) is 11.0 Å². The van der Waals surface area contributed by atoms with Crippen LogP contribution in [-0.2, 0) is 4.79 Å². The van der Waals surface area contributed by atoms with E-state index in [-0.39, 0.29) is 12.8 Å². The summed E-state index contributed by atoms with van der Waals surface area (Å²) >= 11 is 0. The number of nitrogens with two attached hydrogens (primary N) is 1. The lowest BCUT2D eigenvalue weighted by atomic mass is 10.1.